The smallest absolute Gasteiger partial charge is 0.341 e. The number of rotatable bonds is 5. The Labute approximate surface area is 128 Å². The molecule has 1 N–H and O–H groups in total. The van der Waals surface area contributed by atoms with Gasteiger partial charge in [0.05, 0.1) is 11.6 Å². The second-order valence-corrected chi connectivity index (χ2v) is 4.79. The minimum absolute atomic E-state index is 0.373. The molecule has 0 aliphatic carbocycles. The normalized spacial score (nSPS) is 10.8. The van der Waals surface area contributed by atoms with Gasteiger partial charge < -0.3 is 9.84 Å². The van der Waals surface area contributed by atoms with Gasteiger partial charge in [0.2, 0.25) is 0 Å². The Balaban J connectivity index is 2.20. The molecule has 0 aromatic heterocycles. The van der Waals surface area contributed by atoms with E-state index in [9.17, 15) is 10.1 Å². The summed E-state index contributed by atoms with van der Waals surface area (Å²) in [4.78, 5) is 10.4. The fourth-order valence-electron chi connectivity index (χ4n) is 1.96. The third-order valence-corrected chi connectivity index (χ3v) is 3.00. The van der Waals surface area contributed by atoms with Crippen molar-refractivity contribution in [3.05, 3.63) is 65.2 Å². The van der Waals surface area contributed by atoms with E-state index in [1.165, 1.54) is 0 Å². The third-order valence-electron chi connectivity index (χ3n) is 3.00. The van der Waals surface area contributed by atoms with E-state index in [0.717, 1.165) is 16.7 Å². The highest BCUT2D eigenvalue weighted by atomic mass is 16.5. The van der Waals surface area contributed by atoms with Gasteiger partial charge in [-0.3, -0.25) is 0 Å². The van der Waals surface area contributed by atoms with Crippen molar-refractivity contribution in [3.63, 3.8) is 0 Å². The summed E-state index contributed by atoms with van der Waals surface area (Å²) in [5, 5.41) is 17.9. The van der Waals surface area contributed by atoms with Crippen molar-refractivity contribution in [2.24, 2.45) is 0 Å². The average Bonchev–Trinajstić information content (AvgIpc) is 2.51. The van der Waals surface area contributed by atoms with Crippen LogP contribution in [-0.2, 0) is 4.79 Å². The van der Waals surface area contributed by atoms with Crippen molar-refractivity contribution < 1.29 is 14.6 Å². The van der Waals surface area contributed by atoms with Gasteiger partial charge in [-0.05, 0) is 36.3 Å². The molecule has 4 nitrogen and oxygen atoms in total. The number of carboxylic acid groups (broad SMARTS) is 1. The Morgan fingerprint density at radius 3 is 2.59 bits per heavy atom. The number of benzene rings is 2. The molecule has 0 unspecified atom stereocenters. The summed E-state index contributed by atoms with van der Waals surface area (Å²) in [7, 11) is 0. The average molecular weight is 293 g/mol. The van der Waals surface area contributed by atoms with Gasteiger partial charge in [0.1, 0.15) is 5.75 Å². The lowest BCUT2D eigenvalue weighted by Gasteiger charge is -2.04. The highest BCUT2D eigenvalue weighted by Crippen LogP contribution is 2.20. The van der Waals surface area contributed by atoms with Gasteiger partial charge in [0.15, 0.2) is 6.61 Å². The van der Waals surface area contributed by atoms with Gasteiger partial charge in [0, 0.05) is 0 Å². The minimum atomic E-state index is -1.02. The molecule has 4 heteroatoms. The fraction of sp³-hybridized carbons (Fsp3) is 0.111. The molecule has 0 fully saturated rings. The summed E-state index contributed by atoms with van der Waals surface area (Å²) in [6.07, 6.45) is 1.79. The van der Waals surface area contributed by atoms with Crippen LogP contribution in [0.25, 0.3) is 11.6 Å². The number of nitrogens with zero attached hydrogens (tertiary/aromatic N) is 1. The zero-order valence-corrected chi connectivity index (χ0v) is 12.1. The Morgan fingerprint density at radius 1 is 1.27 bits per heavy atom. The van der Waals surface area contributed by atoms with Gasteiger partial charge in [-0.15, -0.1) is 0 Å². The van der Waals surface area contributed by atoms with E-state index in [1.807, 2.05) is 31.2 Å². The van der Waals surface area contributed by atoms with Crippen molar-refractivity contribution in [3.8, 4) is 11.8 Å². The SMILES string of the molecule is Cc1cccc(C(C#N)=Cc2ccc(OCC(=O)O)cc2)c1. The number of nitriles is 1. The van der Waals surface area contributed by atoms with Crippen molar-refractivity contribution in [2.45, 2.75) is 6.92 Å². The third kappa shape index (κ3) is 4.22. The molecule has 0 atom stereocenters. The summed E-state index contributed by atoms with van der Waals surface area (Å²) in [5.41, 5.74) is 3.38. The molecule has 0 amide bonds. The molecule has 0 spiro atoms. The number of carboxylic acids is 1. The number of hydrogen-bond acceptors (Lipinski definition) is 3. The van der Waals surface area contributed by atoms with Crippen LogP contribution in [0.3, 0.4) is 0 Å². The Morgan fingerprint density at radius 2 is 2.00 bits per heavy atom. The van der Waals surface area contributed by atoms with Gasteiger partial charge in [-0.25, -0.2) is 4.79 Å². The highest BCUT2D eigenvalue weighted by Gasteiger charge is 2.02. The van der Waals surface area contributed by atoms with E-state index in [1.54, 1.807) is 30.3 Å². The number of aliphatic carboxylic acids is 1. The molecule has 22 heavy (non-hydrogen) atoms. The van der Waals surface area contributed by atoms with Crippen LogP contribution in [0.1, 0.15) is 16.7 Å². The maximum Gasteiger partial charge on any atom is 0.341 e. The largest absolute Gasteiger partial charge is 0.482 e. The predicted octanol–water partition coefficient (Wildman–Crippen LogP) is 3.52. The quantitative estimate of drug-likeness (QED) is 0.676. The van der Waals surface area contributed by atoms with Crippen LogP contribution < -0.4 is 4.74 Å². The number of aryl methyl sites for hydroxylation is 1. The van der Waals surface area contributed by atoms with Crippen LogP contribution in [-0.4, -0.2) is 17.7 Å². The molecular formula is C18H15NO3. The lowest BCUT2D eigenvalue weighted by Crippen LogP contribution is -2.09. The summed E-state index contributed by atoms with van der Waals surface area (Å²) in [6, 6.07) is 16.9. The zero-order chi connectivity index (χ0) is 15.9. The van der Waals surface area contributed by atoms with E-state index >= 15 is 0 Å². The van der Waals surface area contributed by atoms with E-state index < -0.39 is 5.97 Å². The standard InChI is InChI=1S/C18H15NO3/c1-13-3-2-4-15(9-13)16(11-19)10-14-5-7-17(8-6-14)22-12-18(20)21/h2-10H,12H2,1H3,(H,20,21). The summed E-state index contributed by atoms with van der Waals surface area (Å²) >= 11 is 0. The van der Waals surface area contributed by atoms with Crippen molar-refractivity contribution >= 4 is 17.6 Å². The van der Waals surface area contributed by atoms with Crippen molar-refractivity contribution in [1.82, 2.24) is 0 Å². The van der Waals surface area contributed by atoms with Gasteiger partial charge in [-0.1, -0.05) is 42.0 Å². The number of allylic oxidation sites excluding steroid dienone is 1. The molecule has 2 aromatic carbocycles. The molecule has 0 bridgehead atoms. The molecule has 2 rings (SSSR count). The van der Waals surface area contributed by atoms with Gasteiger partial charge in [-0.2, -0.15) is 5.26 Å². The molecule has 0 aliphatic heterocycles. The van der Waals surface area contributed by atoms with Gasteiger partial charge >= 0.3 is 5.97 Å². The van der Waals surface area contributed by atoms with Gasteiger partial charge in [0.25, 0.3) is 0 Å². The summed E-state index contributed by atoms with van der Waals surface area (Å²) in [5.74, 6) is -0.538. The first kappa shape index (κ1) is 15.3. The molecule has 110 valence electrons. The Kier molecular flexibility index (Phi) is 4.94. The first-order chi connectivity index (χ1) is 10.6. The topological polar surface area (TPSA) is 70.3 Å². The lowest BCUT2D eigenvalue weighted by molar-refractivity contribution is -0.139. The maximum absolute atomic E-state index is 10.4. The van der Waals surface area contributed by atoms with Crippen LogP contribution in [0, 0.1) is 18.3 Å². The van der Waals surface area contributed by atoms with Crippen LogP contribution in [0.5, 0.6) is 5.75 Å². The minimum Gasteiger partial charge on any atom is -0.482 e. The number of carbonyl (C=O) groups is 1. The number of ether oxygens (including phenoxy) is 1. The molecular weight excluding hydrogens is 278 g/mol. The Hall–Kier alpha value is -3.06. The van der Waals surface area contributed by atoms with Crippen LogP contribution >= 0.6 is 0 Å². The maximum atomic E-state index is 10.4. The van der Waals surface area contributed by atoms with E-state index in [2.05, 4.69) is 6.07 Å². The van der Waals surface area contributed by atoms with Crippen molar-refractivity contribution in [1.29, 1.82) is 5.26 Å². The lowest BCUT2D eigenvalue weighted by atomic mass is 10.0. The second kappa shape index (κ2) is 7.09. The molecule has 0 saturated carbocycles. The summed E-state index contributed by atoms with van der Waals surface area (Å²) in [6.45, 7) is 1.61. The first-order valence-electron chi connectivity index (χ1n) is 6.72. The molecule has 0 radical (unpaired) electrons. The highest BCUT2D eigenvalue weighted by molar-refractivity contribution is 5.89. The van der Waals surface area contributed by atoms with E-state index in [0.29, 0.717) is 11.3 Å². The fourth-order valence-corrected chi connectivity index (χ4v) is 1.96. The van der Waals surface area contributed by atoms with Crippen molar-refractivity contribution in [2.75, 3.05) is 6.61 Å². The zero-order valence-electron chi connectivity index (χ0n) is 12.1. The second-order valence-electron chi connectivity index (χ2n) is 4.79. The number of hydrogen-bond donors (Lipinski definition) is 1. The summed E-state index contributed by atoms with van der Waals surface area (Å²) < 4.78 is 5.07. The van der Waals surface area contributed by atoms with E-state index in [4.69, 9.17) is 9.84 Å². The van der Waals surface area contributed by atoms with Crippen LogP contribution in [0.4, 0.5) is 0 Å². The molecule has 0 saturated heterocycles. The Bertz CT molecular complexity index is 740. The van der Waals surface area contributed by atoms with Crippen LogP contribution in [0.2, 0.25) is 0 Å². The monoisotopic (exact) mass is 293 g/mol. The first-order valence-corrected chi connectivity index (χ1v) is 6.72. The molecule has 0 heterocycles. The van der Waals surface area contributed by atoms with E-state index in [-0.39, 0.29) is 6.61 Å². The molecule has 0 aliphatic rings. The molecule has 2 aromatic rings. The van der Waals surface area contributed by atoms with Crippen LogP contribution in [0.15, 0.2) is 48.5 Å². The predicted molar refractivity (Wildman–Crippen MR) is 84.2 cm³/mol.